The molecular weight excluding hydrogens is 208 g/mol. The third kappa shape index (κ3) is 3.38. The summed E-state index contributed by atoms with van der Waals surface area (Å²) in [5.41, 5.74) is 5.87. The normalized spacial score (nSPS) is 28.1. The van der Waals surface area contributed by atoms with Crippen molar-refractivity contribution in [3.63, 3.8) is 0 Å². The van der Waals surface area contributed by atoms with Crippen molar-refractivity contribution in [2.45, 2.75) is 26.3 Å². The molecular formula is C11H22N2OS. The van der Waals surface area contributed by atoms with E-state index in [0.29, 0.717) is 11.8 Å². The monoisotopic (exact) mass is 230 g/mol. The van der Waals surface area contributed by atoms with Crippen LogP contribution in [0.3, 0.4) is 0 Å². The van der Waals surface area contributed by atoms with Crippen molar-refractivity contribution >= 4 is 17.7 Å². The van der Waals surface area contributed by atoms with Crippen molar-refractivity contribution in [2.24, 2.45) is 17.6 Å². The van der Waals surface area contributed by atoms with Crippen LogP contribution in [0, 0.1) is 11.8 Å². The first kappa shape index (κ1) is 12.8. The van der Waals surface area contributed by atoms with E-state index in [1.165, 1.54) is 0 Å². The van der Waals surface area contributed by atoms with Gasteiger partial charge in [0.05, 0.1) is 6.04 Å². The topological polar surface area (TPSA) is 46.3 Å². The molecule has 0 aromatic heterocycles. The van der Waals surface area contributed by atoms with Crippen LogP contribution in [0.2, 0.25) is 0 Å². The molecule has 3 nitrogen and oxygen atoms in total. The summed E-state index contributed by atoms with van der Waals surface area (Å²) in [6.45, 7) is 6.16. The zero-order valence-electron chi connectivity index (χ0n) is 9.90. The maximum Gasteiger partial charge on any atom is 0.239 e. The minimum Gasteiger partial charge on any atom is -0.341 e. The van der Waals surface area contributed by atoms with Crippen molar-refractivity contribution in [1.82, 2.24) is 4.90 Å². The second kappa shape index (κ2) is 5.75. The quantitative estimate of drug-likeness (QED) is 0.789. The van der Waals surface area contributed by atoms with Crippen LogP contribution in [0.1, 0.15) is 20.3 Å². The molecule has 15 heavy (non-hydrogen) atoms. The number of amides is 1. The van der Waals surface area contributed by atoms with Crippen LogP contribution in [0.5, 0.6) is 0 Å². The number of carbonyl (C=O) groups is 1. The highest BCUT2D eigenvalue weighted by atomic mass is 32.2. The molecule has 1 rings (SSSR count). The van der Waals surface area contributed by atoms with Crippen LogP contribution < -0.4 is 5.73 Å². The van der Waals surface area contributed by atoms with E-state index in [-0.39, 0.29) is 11.9 Å². The maximum absolute atomic E-state index is 11.9. The Kier molecular flexibility index (Phi) is 4.93. The van der Waals surface area contributed by atoms with Crippen LogP contribution in [0.4, 0.5) is 0 Å². The Morgan fingerprint density at radius 2 is 2.00 bits per heavy atom. The number of likely N-dealkylation sites (tertiary alicyclic amines) is 1. The third-order valence-electron chi connectivity index (χ3n) is 3.25. The highest BCUT2D eigenvalue weighted by molar-refractivity contribution is 7.98. The van der Waals surface area contributed by atoms with Crippen LogP contribution in [0.15, 0.2) is 0 Å². The molecule has 1 fully saturated rings. The Morgan fingerprint density at radius 1 is 1.47 bits per heavy atom. The highest BCUT2D eigenvalue weighted by Crippen LogP contribution is 2.22. The van der Waals surface area contributed by atoms with Gasteiger partial charge in [-0.15, -0.1) is 0 Å². The van der Waals surface area contributed by atoms with E-state index in [1.807, 2.05) is 11.2 Å². The Balaban J connectivity index is 2.40. The summed E-state index contributed by atoms with van der Waals surface area (Å²) in [5, 5.41) is 0. The largest absolute Gasteiger partial charge is 0.341 e. The van der Waals surface area contributed by atoms with Crippen molar-refractivity contribution in [3.8, 4) is 0 Å². The van der Waals surface area contributed by atoms with Gasteiger partial charge in [0.2, 0.25) is 5.91 Å². The summed E-state index contributed by atoms with van der Waals surface area (Å²) in [6.07, 6.45) is 2.83. The SMILES string of the molecule is CSCC[C@H](N)C(=O)N1CC(C)C(C)C1. The van der Waals surface area contributed by atoms with E-state index < -0.39 is 0 Å². The number of thioether (sulfide) groups is 1. The molecule has 0 aliphatic carbocycles. The molecule has 2 N–H and O–H groups in total. The van der Waals surface area contributed by atoms with Gasteiger partial charge in [-0.25, -0.2) is 0 Å². The van der Waals surface area contributed by atoms with Gasteiger partial charge in [0.1, 0.15) is 0 Å². The van der Waals surface area contributed by atoms with Crippen LogP contribution in [0.25, 0.3) is 0 Å². The van der Waals surface area contributed by atoms with Crippen LogP contribution in [-0.2, 0) is 4.79 Å². The summed E-state index contributed by atoms with van der Waals surface area (Å²) in [5.74, 6) is 2.33. The highest BCUT2D eigenvalue weighted by Gasteiger charge is 2.31. The lowest BCUT2D eigenvalue weighted by Gasteiger charge is -2.20. The number of hydrogen-bond donors (Lipinski definition) is 1. The number of hydrogen-bond acceptors (Lipinski definition) is 3. The fraction of sp³-hybridized carbons (Fsp3) is 0.909. The molecule has 4 heteroatoms. The maximum atomic E-state index is 11.9. The number of rotatable bonds is 4. The Hall–Kier alpha value is -0.220. The first-order chi connectivity index (χ1) is 7.06. The minimum absolute atomic E-state index is 0.139. The van der Waals surface area contributed by atoms with Crippen LogP contribution in [-0.4, -0.2) is 41.9 Å². The predicted molar refractivity (Wildman–Crippen MR) is 65.9 cm³/mol. The number of nitrogens with two attached hydrogens (primary N) is 1. The molecule has 1 amide bonds. The molecule has 0 radical (unpaired) electrons. The average Bonchev–Trinajstić information content (AvgIpc) is 2.54. The molecule has 1 saturated heterocycles. The van der Waals surface area contributed by atoms with Gasteiger partial charge >= 0.3 is 0 Å². The van der Waals surface area contributed by atoms with Crippen molar-refractivity contribution < 1.29 is 4.79 Å². The molecule has 1 aliphatic rings. The Bertz CT molecular complexity index is 213. The molecule has 2 unspecified atom stereocenters. The fourth-order valence-corrected chi connectivity index (χ4v) is 2.40. The zero-order chi connectivity index (χ0) is 11.4. The van der Waals surface area contributed by atoms with E-state index in [2.05, 4.69) is 13.8 Å². The third-order valence-corrected chi connectivity index (χ3v) is 3.89. The van der Waals surface area contributed by atoms with Gasteiger partial charge in [-0.05, 0) is 30.3 Å². The summed E-state index contributed by atoms with van der Waals surface area (Å²) in [7, 11) is 0. The second-order valence-electron chi connectivity index (χ2n) is 4.59. The Labute approximate surface area is 96.8 Å². The minimum atomic E-state index is -0.296. The van der Waals surface area contributed by atoms with Gasteiger partial charge in [-0.3, -0.25) is 4.79 Å². The average molecular weight is 230 g/mol. The van der Waals surface area contributed by atoms with Gasteiger partial charge < -0.3 is 10.6 Å². The first-order valence-electron chi connectivity index (χ1n) is 5.59. The van der Waals surface area contributed by atoms with Crippen molar-refractivity contribution in [2.75, 3.05) is 25.1 Å². The fourth-order valence-electron chi connectivity index (χ4n) is 1.91. The Morgan fingerprint density at radius 3 is 2.47 bits per heavy atom. The van der Waals surface area contributed by atoms with Gasteiger partial charge in [0.25, 0.3) is 0 Å². The second-order valence-corrected chi connectivity index (χ2v) is 5.57. The summed E-state index contributed by atoms with van der Waals surface area (Å²) in [6, 6.07) is -0.296. The predicted octanol–water partition coefficient (Wildman–Crippen LogP) is 1.18. The van der Waals surface area contributed by atoms with E-state index in [9.17, 15) is 4.79 Å². The molecule has 1 aliphatic heterocycles. The summed E-state index contributed by atoms with van der Waals surface area (Å²) < 4.78 is 0. The lowest BCUT2D eigenvalue weighted by molar-refractivity contribution is -0.131. The van der Waals surface area contributed by atoms with Gasteiger partial charge in [-0.1, -0.05) is 13.8 Å². The lowest BCUT2D eigenvalue weighted by Crippen LogP contribution is -2.43. The van der Waals surface area contributed by atoms with Gasteiger partial charge in [0.15, 0.2) is 0 Å². The van der Waals surface area contributed by atoms with Crippen molar-refractivity contribution in [3.05, 3.63) is 0 Å². The summed E-state index contributed by atoms with van der Waals surface area (Å²) >= 11 is 1.74. The lowest BCUT2D eigenvalue weighted by atomic mass is 10.0. The number of carbonyl (C=O) groups excluding carboxylic acids is 1. The van der Waals surface area contributed by atoms with E-state index >= 15 is 0 Å². The number of nitrogens with zero attached hydrogens (tertiary/aromatic N) is 1. The molecule has 3 atom stereocenters. The molecule has 1 heterocycles. The first-order valence-corrected chi connectivity index (χ1v) is 6.99. The molecule has 0 bridgehead atoms. The van der Waals surface area contributed by atoms with Gasteiger partial charge in [0, 0.05) is 13.1 Å². The standard InChI is InChI=1S/C11H22N2OS/c1-8-6-13(7-9(8)2)11(14)10(12)4-5-15-3/h8-10H,4-7,12H2,1-3H3/t8?,9?,10-/m0/s1. The molecule has 0 aromatic carbocycles. The van der Waals surface area contributed by atoms with Gasteiger partial charge in [-0.2, -0.15) is 11.8 Å². The van der Waals surface area contributed by atoms with Crippen molar-refractivity contribution in [1.29, 1.82) is 0 Å². The molecule has 0 aromatic rings. The van der Waals surface area contributed by atoms with E-state index in [0.717, 1.165) is 25.3 Å². The zero-order valence-corrected chi connectivity index (χ0v) is 10.7. The smallest absolute Gasteiger partial charge is 0.239 e. The molecule has 88 valence electrons. The van der Waals surface area contributed by atoms with Crippen LogP contribution >= 0.6 is 11.8 Å². The molecule has 0 saturated carbocycles. The summed E-state index contributed by atoms with van der Waals surface area (Å²) in [4.78, 5) is 13.9. The molecule has 0 spiro atoms. The van der Waals surface area contributed by atoms with E-state index in [4.69, 9.17) is 5.73 Å². The van der Waals surface area contributed by atoms with E-state index in [1.54, 1.807) is 11.8 Å².